The predicted octanol–water partition coefficient (Wildman–Crippen LogP) is 5.88. The summed E-state index contributed by atoms with van der Waals surface area (Å²) >= 11 is 1.63. The van der Waals surface area contributed by atoms with Crippen LogP contribution in [0.2, 0.25) is 0 Å². The summed E-state index contributed by atoms with van der Waals surface area (Å²) < 4.78 is 1.06. The first-order chi connectivity index (χ1) is 14.4. The van der Waals surface area contributed by atoms with E-state index in [1.54, 1.807) is 11.3 Å². The normalized spacial score (nSPS) is 27.1. The smallest absolute Gasteiger partial charge is 0.303 e. The van der Waals surface area contributed by atoms with E-state index < -0.39 is 5.97 Å². The van der Waals surface area contributed by atoms with E-state index in [1.807, 2.05) is 17.5 Å². The average molecular weight is 426 g/mol. The minimum atomic E-state index is -0.735. The van der Waals surface area contributed by atoms with E-state index >= 15 is 0 Å². The minimum Gasteiger partial charge on any atom is -0.481 e. The molecule has 4 nitrogen and oxygen atoms in total. The summed E-state index contributed by atoms with van der Waals surface area (Å²) in [6.07, 6.45) is 9.32. The Morgan fingerprint density at radius 3 is 2.83 bits per heavy atom. The maximum Gasteiger partial charge on any atom is 0.303 e. The van der Waals surface area contributed by atoms with Crippen molar-refractivity contribution < 1.29 is 14.7 Å². The van der Waals surface area contributed by atoms with Gasteiger partial charge in [0.25, 0.3) is 5.91 Å². The highest BCUT2D eigenvalue weighted by atomic mass is 32.1. The van der Waals surface area contributed by atoms with Crippen molar-refractivity contribution in [2.45, 2.75) is 58.4 Å². The van der Waals surface area contributed by atoms with Gasteiger partial charge in [0.05, 0.1) is 5.56 Å². The summed E-state index contributed by atoms with van der Waals surface area (Å²) in [6, 6.07) is 8.21. The van der Waals surface area contributed by atoms with Crippen LogP contribution >= 0.6 is 11.3 Å². The lowest BCUT2D eigenvalue weighted by Gasteiger charge is -2.62. The number of amides is 1. The molecule has 2 bridgehead atoms. The molecule has 2 aromatic rings. The number of rotatable bonds is 8. The van der Waals surface area contributed by atoms with Gasteiger partial charge < -0.3 is 10.4 Å². The van der Waals surface area contributed by atoms with Gasteiger partial charge in [-0.2, -0.15) is 0 Å². The lowest BCUT2D eigenvalue weighted by atomic mass is 9.44. The number of carbonyl (C=O) groups is 2. The van der Waals surface area contributed by atoms with Crippen molar-refractivity contribution in [1.29, 1.82) is 0 Å². The molecule has 0 saturated heterocycles. The molecule has 2 N–H and O–H groups in total. The number of carboxylic acids is 1. The lowest BCUT2D eigenvalue weighted by Crippen LogP contribution is -2.63. The Hall–Kier alpha value is -2.14. The summed E-state index contributed by atoms with van der Waals surface area (Å²) in [5, 5.41) is 15.4. The van der Waals surface area contributed by atoms with Crippen LogP contribution in [0.4, 0.5) is 0 Å². The highest BCUT2D eigenvalue weighted by Crippen LogP contribution is 2.61. The molecule has 5 rings (SSSR count). The third kappa shape index (κ3) is 4.04. The van der Waals surface area contributed by atoms with E-state index in [2.05, 4.69) is 43.4 Å². The van der Waals surface area contributed by atoms with Crippen LogP contribution in [0, 0.1) is 23.2 Å². The van der Waals surface area contributed by atoms with Gasteiger partial charge in [-0.3, -0.25) is 9.59 Å². The third-order valence-electron chi connectivity index (χ3n) is 7.46. The number of carbonyl (C=O) groups excluding carboxylic acids is 1. The maximum atomic E-state index is 13.2. The van der Waals surface area contributed by atoms with Gasteiger partial charge in [-0.15, -0.1) is 11.3 Å². The number of fused-ring (bicyclic) bond motifs is 3. The minimum absolute atomic E-state index is 0.0460. The van der Waals surface area contributed by atoms with Crippen molar-refractivity contribution in [2.24, 2.45) is 23.2 Å². The fraction of sp³-hybridized carbons (Fsp3) is 0.520. The Morgan fingerprint density at radius 2 is 2.07 bits per heavy atom. The molecule has 0 unspecified atom stereocenters. The highest BCUT2D eigenvalue weighted by Gasteiger charge is 2.57. The Labute approximate surface area is 182 Å². The van der Waals surface area contributed by atoms with E-state index in [1.165, 1.54) is 6.42 Å². The van der Waals surface area contributed by atoms with Crippen molar-refractivity contribution in [3.8, 4) is 0 Å². The number of unbranched alkanes of at least 4 members (excludes halogenated alkanes) is 1. The van der Waals surface area contributed by atoms with E-state index in [4.69, 9.17) is 5.11 Å². The lowest BCUT2D eigenvalue weighted by molar-refractivity contribution is -0.137. The van der Waals surface area contributed by atoms with Crippen LogP contribution in [0.1, 0.15) is 62.7 Å². The van der Waals surface area contributed by atoms with E-state index in [-0.39, 0.29) is 23.8 Å². The van der Waals surface area contributed by atoms with Gasteiger partial charge in [0.1, 0.15) is 0 Å². The predicted molar refractivity (Wildman–Crippen MR) is 122 cm³/mol. The number of benzene rings is 1. The first-order valence-corrected chi connectivity index (χ1v) is 11.9. The first kappa shape index (κ1) is 21.1. The molecule has 1 amide bonds. The number of thiophene rings is 1. The summed E-state index contributed by atoms with van der Waals surface area (Å²) in [7, 11) is 0. The number of hydrogen-bond acceptors (Lipinski definition) is 3. The molecule has 4 atom stereocenters. The number of carboxylic acid groups (broad SMARTS) is 1. The quantitative estimate of drug-likeness (QED) is 0.410. The van der Waals surface area contributed by atoms with Crippen LogP contribution in [0.3, 0.4) is 0 Å². The number of nitrogens with one attached hydrogen (secondary N) is 1. The molecule has 0 aliphatic heterocycles. The molecular formula is C25H31NO3S. The second kappa shape index (κ2) is 8.54. The molecule has 3 fully saturated rings. The average Bonchev–Trinajstić information content (AvgIpc) is 3.19. The van der Waals surface area contributed by atoms with Gasteiger partial charge in [-0.1, -0.05) is 38.1 Å². The van der Waals surface area contributed by atoms with Gasteiger partial charge in [0.2, 0.25) is 0 Å². The molecule has 5 heteroatoms. The second-order valence-corrected chi connectivity index (χ2v) is 10.4. The van der Waals surface area contributed by atoms with Crippen molar-refractivity contribution in [3.05, 3.63) is 47.4 Å². The van der Waals surface area contributed by atoms with E-state index in [0.717, 1.165) is 40.8 Å². The molecule has 3 saturated carbocycles. The molecule has 1 aromatic carbocycles. The van der Waals surface area contributed by atoms with Crippen LogP contribution in [-0.2, 0) is 4.79 Å². The first-order valence-electron chi connectivity index (χ1n) is 11.0. The standard InChI is InChI=1S/C25H31NO3S/c1-25(2)18-14-17(8-5-3-4-6-11-21(27)28)22(20(25)15-18)26-24(29)19-10-7-9-16-12-13-30-23(16)19/h3,5,7,9-10,12-13,17-18,20,22H,4,6,8,11,14-15H2,1-2H3,(H,26,29)(H,27,28)/b5-3-/t17-,18+,20+,22+/m0/s1. The van der Waals surface area contributed by atoms with E-state index in [9.17, 15) is 9.59 Å². The van der Waals surface area contributed by atoms with Crippen LogP contribution in [0.15, 0.2) is 41.8 Å². The molecule has 0 radical (unpaired) electrons. The zero-order valence-electron chi connectivity index (χ0n) is 17.8. The molecule has 30 heavy (non-hydrogen) atoms. The van der Waals surface area contributed by atoms with Crippen LogP contribution in [0.5, 0.6) is 0 Å². The van der Waals surface area contributed by atoms with Crippen LogP contribution < -0.4 is 5.32 Å². The van der Waals surface area contributed by atoms with Gasteiger partial charge in [-0.05, 0) is 78.2 Å². The summed E-state index contributed by atoms with van der Waals surface area (Å²) in [6.45, 7) is 4.70. The summed E-state index contributed by atoms with van der Waals surface area (Å²) in [5.74, 6) is 1.02. The topological polar surface area (TPSA) is 66.4 Å². The fourth-order valence-corrected chi connectivity index (χ4v) is 6.44. The Bertz CT molecular complexity index is 960. The molecule has 160 valence electrons. The number of aliphatic carboxylic acids is 1. The van der Waals surface area contributed by atoms with Crippen LogP contribution in [-0.4, -0.2) is 23.0 Å². The van der Waals surface area contributed by atoms with Crippen molar-refractivity contribution in [1.82, 2.24) is 5.32 Å². The number of allylic oxidation sites excluding steroid dienone is 2. The maximum absolute atomic E-state index is 13.2. The van der Waals surface area contributed by atoms with Crippen molar-refractivity contribution in [2.75, 3.05) is 0 Å². The molecule has 3 aliphatic carbocycles. The summed E-state index contributed by atoms with van der Waals surface area (Å²) in [5.41, 5.74) is 1.07. The van der Waals surface area contributed by atoms with Gasteiger partial charge >= 0.3 is 5.97 Å². The van der Waals surface area contributed by atoms with Crippen molar-refractivity contribution >= 4 is 33.3 Å². The monoisotopic (exact) mass is 425 g/mol. The third-order valence-corrected chi connectivity index (χ3v) is 8.43. The molecular weight excluding hydrogens is 394 g/mol. The molecule has 3 aliphatic rings. The SMILES string of the molecule is CC1(C)[C@@H]2C[C@H](C/C=C\CCCC(=O)O)[C@@H](NC(=O)c3cccc4ccsc34)[C@H]1C2. The molecule has 1 heterocycles. The fourth-order valence-electron chi connectivity index (χ4n) is 5.53. The summed E-state index contributed by atoms with van der Waals surface area (Å²) in [4.78, 5) is 23.9. The largest absolute Gasteiger partial charge is 0.481 e. The van der Waals surface area contributed by atoms with Crippen molar-refractivity contribution in [3.63, 3.8) is 0 Å². The van der Waals surface area contributed by atoms with Gasteiger partial charge in [0, 0.05) is 17.2 Å². The van der Waals surface area contributed by atoms with Crippen LogP contribution in [0.25, 0.3) is 10.1 Å². The zero-order chi connectivity index (χ0) is 21.3. The second-order valence-electron chi connectivity index (χ2n) is 9.49. The molecule has 1 aromatic heterocycles. The van der Waals surface area contributed by atoms with E-state index in [0.29, 0.717) is 18.3 Å². The Morgan fingerprint density at radius 1 is 1.23 bits per heavy atom. The number of hydrogen-bond donors (Lipinski definition) is 2. The van der Waals surface area contributed by atoms with Gasteiger partial charge in [0.15, 0.2) is 0 Å². The highest BCUT2D eigenvalue weighted by molar-refractivity contribution is 7.17. The zero-order valence-corrected chi connectivity index (χ0v) is 18.6. The Kier molecular flexibility index (Phi) is 6.01. The van der Waals surface area contributed by atoms with Gasteiger partial charge in [-0.25, -0.2) is 0 Å². The Balaban J connectivity index is 1.45. The molecule has 0 spiro atoms.